The highest BCUT2D eigenvalue weighted by Gasteiger charge is 2.21. The molecule has 3 heteroatoms. The minimum atomic E-state index is -0.373. The van der Waals surface area contributed by atoms with Gasteiger partial charge in [0.05, 0.1) is 5.92 Å². The Hall–Kier alpha value is -1.90. The summed E-state index contributed by atoms with van der Waals surface area (Å²) in [5, 5.41) is 0. The van der Waals surface area contributed by atoms with Crippen molar-refractivity contribution in [2.45, 2.75) is 33.6 Å². The number of rotatable bonds is 4. The lowest BCUT2D eigenvalue weighted by molar-refractivity contribution is -0.137. The lowest BCUT2D eigenvalue weighted by Gasteiger charge is -2.17. The number of allylic oxidation sites excluding steroid dienone is 2. The van der Waals surface area contributed by atoms with E-state index >= 15 is 0 Å². The van der Waals surface area contributed by atoms with E-state index in [-0.39, 0.29) is 17.7 Å². The van der Waals surface area contributed by atoms with Crippen LogP contribution in [0.25, 0.3) is 0 Å². The smallest absolute Gasteiger partial charge is 0.307 e. The van der Waals surface area contributed by atoms with Crippen LogP contribution in [0.4, 0.5) is 0 Å². The molecule has 3 nitrogen and oxygen atoms in total. The summed E-state index contributed by atoms with van der Waals surface area (Å²) >= 11 is 0. The van der Waals surface area contributed by atoms with Crippen LogP contribution in [-0.4, -0.2) is 11.8 Å². The van der Waals surface area contributed by atoms with Crippen LogP contribution in [0.2, 0.25) is 0 Å². The third-order valence-electron chi connectivity index (χ3n) is 2.82. The van der Waals surface area contributed by atoms with Crippen LogP contribution in [0.3, 0.4) is 0 Å². The van der Waals surface area contributed by atoms with Gasteiger partial charge in [-0.3, -0.25) is 9.59 Å². The van der Waals surface area contributed by atoms with Crippen molar-refractivity contribution in [1.82, 2.24) is 0 Å². The van der Waals surface area contributed by atoms with Crippen LogP contribution < -0.4 is 0 Å². The zero-order valence-electron chi connectivity index (χ0n) is 11.2. The van der Waals surface area contributed by atoms with E-state index in [0.717, 1.165) is 11.1 Å². The lowest BCUT2D eigenvalue weighted by atomic mass is 9.88. The van der Waals surface area contributed by atoms with Gasteiger partial charge in [-0.25, -0.2) is 0 Å². The van der Waals surface area contributed by atoms with Gasteiger partial charge in [-0.2, -0.15) is 0 Å². The van der Waals surface area contributed by atoms with Crippen LogP contribution in [0.1, 0.15) is 39.2 Å². The first-order chi connectivity index (χ1) is 8.43. The Kier molecular flexibility index (Phi) is 4.84. The second kappa shape index (κ2) is 6.15. The summed E-state index contributed by atoms with van der Waals surface area (Å²) in [5.41, 5.74) is 1.68. The number of hydrogen-bond donors (Lipinski definition) is 0. The molecule has 1 aromatic rings. The summed E-state index contributed by atoms with van der Waals surface area (Å²) in [6, 6.07) is 9.48. The number of carbonyl (C=O) groups is 2. The highest BCUT2D eigenvalue weighted by molar-refractivity contribution is 5.86. The molecule has 1 unspecified atom stereocenters. The molecule has 0 bridgehead atoms. The van der Waals surface area contributed by atoms with Gasteiger partial charge in [0.15, 0.2) is 0 Å². The summed E-state index contributed by atoms with van der Waals surface area (Å²) in [6.45, 7) is 6.41. The molecule has 96 valence electrons. The van der Waals surface area contributed by atoms with E-state index in [1.165, 1.54) is 6.92 Å². The average molecular weight is 246 g/mol. The van der Waals surface area contributed by atoms with Gasteiger partial charge in [0, 0.05) is 6.92 Å². The zero-order valence-corrected chi connectivity index (χ0v) is 11.2. The normalized spacial score (nSPS) is 13.6. The number of ether oxygens (including phenoxy) is 1. The van der Waals surface area contributed by atoms with Crippen molar-refractivity contribution in [2.24, 2.45) is 0 Å². The monoisotopic (exact) mass is 246 g/mol. The number of carbonyl (C=O) groups excluding carboxylic acids is 2. The van der Waals surface area contributed by atoms with Crippen molar-refractivity contribution >= 4 is 11.8 Å². The Morgan fingerprint density at radius 3 is 2.00 bits per heavy atom. The quantitative estimate of drug-likeness (QED) is 0.605. The largest absolute Gasteiger partial charge is 0.432 e. The van der Waals surface area contributed by atoms with Gasteiger partial charge in [-0.05, 0) is 31.9 Å². The summed E-state index contributed by atoms with van der Waals surface area (Å²) in [7, 11) is 0. The number of benzene rings is 1. The van der Waals surface area contributed by atoms with Gasteiger partial charge in [0.1, 0.15) is 11.5 Å². The summed E-state index contributed by atoms with van der Waals surface area (Å²) in [4.78, 5) is 22.7. The molecule has 1 rings (SSSR count). The average Bonchev–Trinajstić information content (AvgIpc) is 2.29. The van der Waals surface area contributed by atoms with Crippen molar-refractivity contribution < 1.29 is 14.3 Å². The Morgan fingerprint density at radius 1 is 1.00 bits per heavy atom. The van der Waals surface area contributed by atoms with Crippen LogP contribution in [0.15, 0.2) is 41.7 Å². The Labute approximate surface area is 107 Å². The molecule has 0 aliphatic heterocycles. The first-order valence-corrected chi connectivity index (χ1v) is 5.84. The van der Waals surface area contributed by atoms with E-state index in [1.807, 2.05) is 37.3 Å². The Bertz CT molecular complexity index is 472. The van der Waals surface area contributed by atoms with Gasteiger partial charge in [0.25, 0.3) is 0 Å². The first-order valence-electron chi connectivity index (χ1n) is 5.84. The van der Waals surface area contributed by atoms with Crippen LogP contribution in [-0.2, 0) is 14.3 Å². The molecule has 1 aromatic carbocycles. The van der Waals surface area contributed by atoms with Crippen molar-refractivity contribution in [2.75, 3.05) is 0 Å². The number of ketones is 1. The molecular weight excluding hydrogens is 228 g/mol. The predicted molar refractivity (Wildman–Crippen MR) is 70.0 cm³/mol. The summed E-state index contributed by atoms with van der Waals surface area (Å²) in [6.07, 6.45) is 0. The standard InChI is InChI=1S/C15H18O3/c1-10(12(3)18-13(4)17)15(11(2)16)14-8-6-5-7-9-14/h5-9,15H,1-4H3/b12-10-. The second-order valence-electron chi connectivity index (χ2n) is 4.29. The lowest BCUT2D eigenvalue weighted by Crippen LogP contribution is -2.13. The number of hydrogen-bond acceptors (Lipinski definition) is 3. The SMILES string of the molecule is CC(=O)O/C(C)=C(/C)C(C(C)=O)c1ccccc1. The molecule has 0 aliphatic rings. The molecular formula is C15H18O3. The fourth-order valence-electron chi connectivity index (χ4n) is 1.93. The van der Waals surface area contributed by atoms with E-state index < -0.39 is 0 Å². The van der Waals surface area contributed by atoms with Gasteiger partial charge >= 0.3 is 5.97 Å². The minimum absolute atomic E-state index is 0.0326. The van der Waals surface area contributed by atoms with Gasteiger partial charge in [-0.15, -0.1) is 0 Å². The third kappa shape index (κ3) is 3.55. The van der Waals surface area contributed by atoms with Crippen LogP contribution in [0.5, 0.6) is 0 Å². The highest BCUT2D eigenvalue weighted by Crippen LogP contribution is 2.27. The van der Waals surface area contributed by atoms with Crippen molar-refractivity contribution in [1.29, 1.82) is 0 Å². The minimum Gasteiger partial charge on any atom is -0.432 e. The van der Waals surface area contributed by atoms with Gasteiger partial charge < -0.3 is 4.74 Å². The molecule has 0 N–H and O–H groups in total. The summed E-state index contributed by atoms with van der Waals surface area (Å²) in [5.74, 6) is -0.204. The molecule has 0 radical (unpaired) electrons. The van der Waals surface area contributed by atoms with Crippen molar-refractivity contribution in [3.63, 3.8) is 0 Å². The van der Waals surface area contributed by atoms with Gasteiger partial charge in [-0.1, -0.05) is 30.3 Å². The fraction of sp³-hybridized carbons (Fsp3) is 0.333. The van der Waals surface area contributed by atoms with E-state index in [1.54, 1.807) is 13.8 Å². The topological polar surface area (TPSA) is 43.4 Å². The Balaban J connectivity index is 3.14. The zero-order chi connectivity index (χ0) is 13.7. The molecule has 0 fully saturated rings. The van der Waals surface area contributed by atoms with Crippen LogP contribution >= 0.6 is 0 Å². The molecule has 0 amide bonds. The van der Waals surface area contributed by atoms with Crippen LogP contribution in [0, 0.1) is 0 Å². The van der Waals surface area contributed by atoms with Crippen molar-refractivity contribution in [3.8, 4) is 0 Å². The highest BCUT2D eigenvalue weighted by atomic mass is 16.5. The molecule has 0 saturated carbocycles. The predicted octanol–water partition coefficient (Wildman–Crippen LogP) is 3.22. The number of Topliss-reactive ketones (excluding diaryl/α,β-unsaturated/α-hetero) is 1. The van der Waals surface area contributed by atoms with E-state index in [0.29, 0.717) is 5.76 Å². The molecule has 0 aromatic heterocycles. The van der Waals surface area contributed by atoms with Gasteiger partial charge in [0.2, 0.25) is 0 Å². The maximum absolute atomic E-state index is 11.8. The Morgan fingerprint density at radius 2 is 1.56 bits per heavy atom. The molecule has 0 saturated heterocycles. The molecule has 1 atom stereocenters. The molecule has 0 heterocycles. The van der Waals surface area contributed by atoms with Crippen molar-refractivity contribution in [3.05, 3.63) is 47.2 Å². The summed E-state index contributed by atoms with van der Waals surface area (Å²) < 4.78 is 5.05. The molecule has 0 aliphatic carbocycles. The third-order valence-corrected chi connectivity index (χ3v) is 2.82. The fourth-order valence-corrected chi connectivity index (χ4v) is 1.93. The maximum atomic E-state index is 11.8. The first kappa shape index (κ1) is 14.2. The second-order valence-corrected chi connectivity index (χ2v) is 4.29. The number of esters is 1. The molecule has 0 spiro atoms. The van der Waals surface area contributed by atoms with E-state index in [9.17, 15) is 9.59 Å². The van der Waals surface area contributed by atoms with E-state index in [2.05, 4.69) is 0 Å². The van der Waals surface area contributed by atoms with E-state index in [4.69, 9.17) is 4.74 Å². The molecule has 18 heavy (non-hydrogen) atoms. The maximum Gasteiger partial charge on any atom is 0.307 e.